The molecule has 0 amide bonds. The van der Waals surface area contributed by atoms with Gasteiger partial charge in [-0.2, -0.15) is 0 Å². The molecule has 0 aliphatic rings. The van der Waals surface area contributed by atoms with Gasteiger partial charge in [0.25, 0.3) is 5.56 Å². The summed E-state index contributed by atoms with van der Waals surface area (Å²) in [6.07, 6.45) is 0. The van der Waals surface area contributed by atoms with Gasteiger partial charge in [-0.1, -0.05) is 57.2 Å². The second-order valence-corrected chi connectivity index (χ2v) is 7.69. The third kappa shape index (κ3) is 3.58. The summed E-state index contributed by atoms with van der Waals surface area (Å²) in [7, 11) is 1.56. The summed E-state index contributed by atoms with van der Waals surface area (Å²) in [5, 5.41) is 0. The van der Waals surface area contributed by atoms with Crippen LogP contribution in [0.5, 0.6) is 5.75 Å². The lowest BCUT2D eigenvalue weighted by atomic mass is 9.85. The number of nitrogen functional groups attached to an aromatic ring is 1. The lowest BCUT2D eigenvalue weighted by Crippen LogP contribution is -2.40. The highest BCUT2D eigenvalue weighted by molar-refractivity contribution is 5.50. The van der Waals surface area contributed by atoms with Crippen LogP contribution in [0.3, 0.4) is 0 Å². The van der Waals surface area contributed by atoms with Crippen molar-refractivity contribution in [2.24, 2.45) is 0 Å². The van der Waals surface area contributed by atoms with Crippen molar-refractivity contribution in [1.82, 2.24) is 9.13 Å². The highest BCUT2D eigenvalue weighted by atomic mass is 16.5. The molecule has 0 aliphatic carbocycles. The van der Waals surface area contributed by atoms with Crippen LogP contribution in [0.2, 0.25) is 0 Å². The SMILES string of the molecule is COc1ccccc1Cn1c(=O)cc(N)n(-c2ccccc2C(C)(C)C)c1=O. The van der Waals surface area contributed by atoms with Gasteiger partial charge in [0.15, 0.2) is 0 Å². The minimum atomic E-state index is -0.479. The number of ether oxygens (including phenoxy) is 1. The lowest BCUT2D eigenvalue weighted by molar-refractivity contribution is 0.407. The molecule has 0 unspecified atom stereocenters. The summed E-state index contributed by atoms with van der Waals surface area (Å²) in [6.45, 7) is 6.30. The van der Waals surface area contributed by atoms with Crippen LogP contribution in [0.25, 0.3) is 5.69 Å². The van der Waals surface area contributed by atoms with E-state index in [1.807, 2.05) is 42.5 Å². The summed E-state index contributed by atoms with van der Waals surface area (Å²) in [4.78, 5) is 25.9. The number of aromatic nitrogens is 2. The van der Waals surface area contributed by atoms with Gasteiger partial charge in [-0.3, -0.25) is 9.36 Å². The zero-order valence-electron chi connectivity index (χ0n) is 16.6. The van der Waals surface area contributed by atoms with Gasteiger partial charge in [-0.25, -0.2) is 9.36 Å². The first-order chi connectivity index (χ1) is 13.2. The molecule has 0 saturated heterocycles. The number of rotatable bonds is 4. The molecular weight excluding hydrogens is 354 g/mol. The van der Waals surface area contributed by atoms with Crippen molar-refractivity contribution in [3.05, 3.63) is 86.6 Å². The maximum atomic E-state index is 13.3. The zero-order chi connectivity index (χ0) is 20.5. The smallest absolute Gasteiger partial charge is 0.337 e. The molecule has 1 heterocycles. The summed E-state index contributed by atoms with van der Waals surface area (Å²) >= 11 is 0. The van der Waals surface area contributed by atoms with Crippen LogP contribution in [0, 0.1) is 0 Å². The van der Waals surface area contributed by atoms with Gasteiger partial charge in [0, 0.05) is 11.6 Å². The predicted molar refractivity (Wildman–Crippen MR) is 112 cm³/mol. The average Bonchev–Trinajstić information content (AvgIpc) is 2.65. The Labute approximate surface area is 163 Å². The number of benzene rings is 2. The molecule has 28 heavy (non-hydrogen) atoms. The van der Waals surface area contributed by atoms with Crippen molar-refractivity contribution in [3.63, 3.8) is 0 Å². The molecule has 3 rings (SSSR count). The van der Waals surface area contributed by atoms with E-state index in [9.17, 15) is 9.59 Å². The van der Waals surface area contributed by atoms with E-state index in [1.54, 1.807) is 13.2 Å². The van der Waals surface area contributed by atoms with Gasteiger partial charge in [-0.15, -0.1) is 0 Å². The molecule has 0 fully saturated rings. The van der Waals surface area contributed by atoms with Crippen molar-refractivity contribution >= 4 is 5.82 Å². The van der Waals surface area contributed by atoms with E-state index >= 15 is 0 Å². The minimum absolute atomic E-state index is 0.0969. The number of para-hydroxylation sites is 2. The van der Waals surface area contributed by atoms with Crippen LogP contribution in [-0.4, -0.2) is 16.2 Å². The molecule has 6 nitrogen and oxygen atoms in total. The van der Waals surface area contributed by atoms with Crippen molar-refractivity contribution in [2.45, 2.75) is 32.7 Å². The molecule has 0 saturated carbocycles. The van der Waals surface area contributed by atoms with E-state index in [0.29, 0.717) is 11.4 Å². The van der Waals surface area contributed by atoms with Crippen molar-refractivity contribution in [1.29, 1.82) is 0 Å². The maximum Gasteiger partial charge on any atom is 0.337 e. The third-order valence-electron chi connectivity index (χ3n) is 4.69. The average molecular weight is 379 g/mol. The molecule has 1 aromatic heterocycles. The zero-order valence-corrected chi connectivity index (χ0v) is 16.6. The number of nitrogens with two attached hydrogens (primary N) is 1. The number of hydrogen-bond donors (Lipinski definition) is 1. The van der Waals surface area contributed by atoms with E-state index in [0.717, 1.165) is 11.1 Å². The second-order valence-electron chi connectivity index (χ2n) is 7.69. The quantitative estimate of drug-likeness (QED) is 0.756. The molecule has 3 aromatic rings. The fourth-order valence-corrected chi connectivity index (χ4v) is 3.29. The molecular formula is C22H25N3O3. The van der Waals surface area contributed by atoms with Crippen LogP contribution >= 0.6 is 0 Å². The Morgan fingerprint density at radius 1 is 1.00 bits per heavy atom. The summed E-state index contributed by atoms with van der Waals surface area (Å²) < 4.78 is 7.93. The standard InChI is InChI=1S/C22H25N3O3/c1-22(2,3)16-10-6-7-11-17(16)25-19(23)13-20(26)24(21(25)27)14-15-9-5-8-12-18(15)28-4/h5-13H,14,23H2,1-4H3. The highest BCUT2D eigenvalue weighted by Crippen LogP contribution is 2.28. The molecule has 0 spiro atoms. The Morgan fingerprint density at radius 3 is 2.32 bits per heavy atom. The maximum absolute atomic E-state index is 13.3. The predicted octanol–water partition coefficient (Wildman–Crippen LogP) is 2.94. The molecule has 0 radical (unpaired) electrons. The molecule has 146 valence electrons. The Bertz CT molecular complexity index is 1120. The second kappa shape index (κ2) is 7.38. The number of methoxy groups -OCH3 is 1. The monoisotopic (exact) mass is 379 g/mol. The molecule has 0 aliphatic heterocycles. The van der Waals surface area contributed by atoms with Crippen LogP contribution in [0.4, 0.5) is 5.82 Å². The van der Waals surface area contributed by atoms with E-state index in [1.165, 1.54) is 15.2 Å². The molecule has 2 N–H and O–H groups in total. The van der Waals surface area contributed by atoms with Crippen molar-refractivity contribution in [2.75, 3.05) is 12.8 Å². The van der Waals surface area contributed by atoms with E-state index in [-0.39, 0.29) is 17.8 Å². The lowest BCUT2D eigenvalue weighted by Gasteiger charge is -2.24. The number of anilines is 1. The summed E-state index contributed by atoms with van der Waals surface area (Å²) in [5.74, 6) is 0.732. The normalized spacial score (nSPS) is 11.4. The van der Waals surface area contributed by atoms with E-state index in [4.69, 9.17) is 10.5 Å². The van der Waals surface area contributed by atoms with E-state index in [2.05, 4.69) is 20.8 Å². The first-order valence-electron chi connectivity index (χ1n) is 9.08. The highest BCUT2D eigenvalue weighted by Gasteiger charge is 2.21. The summed E-state index contributed by atoms with van der Waals surface area (Å²) in [6, 6.07) is 16.2. The van der Waals surface area contributed by atoms with Gasteiger partial charge in [0.05, 0.1) is 19.3 Å². The van der Waals surface area contributed by atoms with Crippen molar-refractivity contribution in [3.8, 4) is 11.4 Å². The minimum Gasteiger partial charge on any atom is -0.496 e. The van der Waals surface area contributed by atoms with Gasteiger partial charge in [0.1, 0.15) is 11.6 Å². The van der Waals surface area contributed by atoms with Gasteiger partial charge >= 0.3 is 5.69 Å². The Hall–Kier alpha value is -3.28. The van der Waals surface area contributed by atoms with Gasteiger partial charge < -0.3 is 10.5 Å². The van der Waals surface area contributed by atoms with Crippen LogP contribution in [0.15, 0.2) is 64.2 Å². The third-order valence-corrected chi connectivity index (χ3v) is 4.69. The molecule has 0 bridgehead atoms. The van der Waals surface area contributed by atoms with Gasteiger partial charge in [0.2, 0.25) is 0 Å². The summed E-state index contributed by atoms with van der Waals surface area (Å²) in [5.41, 5.74) is 7.36. The molecule has 6 heteroatoms. The van der Waals surface area contributed by atoms with Crippen LogP contribution in [0.1, 0.15) is 31.9 Å². The largest absolute Gasteiger partial charge is 0.496 e. The fraction of sp³-hybridized carbons (Fsp3) is 0.273. The molecule has 2 aromatic carbocycles. The fourth-order valence-electron chi connectivity index (χ4n) is 3.29. The Kier molecular flexibility index (Phi) is 5.14. The Morgan fingerprint density at radius 2 is 1.64 bits per heavy atom. The molecule has 0 atom stereocenters. The van der Waals surface area contributed by atoms with E-state index < -0.39 is 11.2 Å². The van der Waals surface area contributed by atoms with Gasteiger partial charge in [-0.05, 0) is 23.1 Å². The number of hydrogen-bond acceptors (Lipinski definition) is 4. The Balaban J connectivity index is 2.23. The first kappa shape index (κ1) is 19.5. The number of nitrogens with zero attached hydrogens (tertiary/aromatic N) is 2. The van der Waals surface area contributed by atoms with Crippen molar-refractivity contribution < 1.29 is 4.74 Å². The van der Waals surface area contributed by atoms with Crippen LogP contribution in [-0.2, 0) is 12.0 Å². The topological polar surface area (TPSA) is 79.2 Å². The van der Waals surface area contributed by atoms with Crippen LogP contribution < -0.4 is 21.7 Å². The first-order valence-corrected chi connectivity index (χ1v) is 9.08.